The minimum Gasteiger partial charge on any atom is -0.0765 e. The first-order valence-electron chi connectivity index (χ1n) is 7.95. The number of rotatable bonds is 2. The average Bonchev–Trinajstić information content (AvgIpc) is 3.19. The van der Waals surface area contributed by atoms with Crippen molar-refractivity contribution >= 4 is 7.92 Å². The van der Waals surface area contributed by atoms with E-state index in [2.05, 4.69) is 72.8 Å². The molecule has 0 nitrogen and oxygen atoms in total. The first-order valence-corrected chi connectivity index (χ1v) is 9.48. The van der Waals surface area contributed by atoms with Crippen LogP contribution in [0.4, 0.5) is 0 Å². The van der Waals surface area contributed by atoms with Crippen molar-refractivity contribution in [1.29, 1.82) is 0 Å². The summed E-state index contributed by atoms with van der Waals surface area (Å²) < 4.78 is 0. The quantitative estimate of drug-likeness (QED) is 0.523. The standard InChI is InChI=1S/C20H19P/c1-3-7-16(8-4-1)19-12-13-20(17-9-5-2-6-10-17)18(15-19)11-14-21(19)20/h1-10,12-13,18H,11,14-15H2/t18-,19-,20-,21?/m1/s1. The lowest BCUT2D eigenvalue weighted by Crippen LogP contribution is -2.25. The fourth-order valence-electron chi connectivity index (χ4n) is 5.12. The average molecular weight is 290 g/mol. The topological polar surface area (TPSA) is 0 Å². The van der Waals surface area contributed by atoms with Crippen LogP contribution in [0.2, 0.25) is 0 Å². The van der Waals surface area contributed by atoms with Crippen molar-refractivity contribution in [2.24, 2.45) is 5.92 Å². The van der Waals surface area contributed by atoms with Gasteiger partial charge in [0.1, 0.15) is 0 Å². The van der Waals surface area contributed by atoms with Crippen LogP contribution < -0.4 is 0 Å². The van der Waals surface area contributed by atoms with Gasteiger partial charge in [0.25, 0.3) is 0 Å². The van der Waals surface area contributed by atoms with Gasteiger partial charge in [0.05, 0.1) is 0 Å². The number of hydrogen-bond acceptors (Lipinski definition) is 0. The van der Waals surface area contributed by atoms with Crippen LogP contribution in [-0.4, -0.2) is 6.16 Å². The lowest BCUT2D eigenvalue weighted by Gasteiger charge is -2.34. The summed E-state index contributed by atoms with van der Waals surface area (Å²) in [6.07, 6.45) is 9.42. The van der Waals surface area contributed by atoms with Crippen molar-refractivity contribution in [1.82, 2.24) is 0 Å². The molecule has 0 saturated carbocycles. The summed E-state index contributed by atoms with van der Waals surface area (Å²) in [5, 5.41) is 0.752. The summed E-state index contributed by atoms with van der Waals surface area (Å²) in [5.74, 6) is 0.858. The predicted molar refractivity (Wildman–Crippen MR) is 89.9 cm³/mol. The maximum Gasteiger partial charge on any atom is 0.0372 e. The van der Waals surface area contributed by atoms with E-state index in [1.54, 1.807) is 11.1 Å². The summed E-state index contributed by atoms with van der Waals surface area (Å²) in [5.41, 5.74) is 3.14. The Bertz CT molecular complexity index is 705. The maximum absolute atomic E-state index is 2.60. The van der Waals surface area contributed by atoms with Crippen LogP contribution in [0.5, 0.6) is 0 Å². The maximum atomic E-state index is 2.60. The fourth-order valence-corrected chi connectivity index (χ4v) is 9.65. The highest BCUT2D eigenvalue weighted by atomic mass is 31.1. The highest BCUT2D eigenvalue weighted by Crippen LogP contribution is 2.87. The minimum atomic E-state index is -0.0123. The van der Waals surface area contributed by atoms with Gasteiger partial charge in [-0.15, -0.1) is 0 Å². The van der Waals surface area contributed by atoms with Gasteiger partial charge in [0.2, 0.25) is 0 Å². The van der Waals surface area contributed by atoms with Gasteiger partial charge in [-0.05, 0) is 36.0 Å². The molecule has 4 atom stereocenters. The molecule has 0 radical (unpaired) electrons. The lowest BCUT2D eigenvalue weighted by atomic mass is 9.73. The van der Waals surface area contributed by atoms with Gasteiger partial charge in [0.15, 0.2) is 0 Å². The minimum absolute atomic E-state index is 0.0123. The summed E-state index contributed by atoms with van der Waals surface area (Å²) in [6.45, 7) is 0. The molecule has 2 aromatic rings. The van der Waals surface area contributed by atoms with Crippen molar-refractivity contribution in [3.63, 3.8) is 0 Å². The lowest BCUT2D eigenvalue weighted by molar-refractivity contribution is 0.397. The van der Waals surface area contributed by atoms with E-state index in [4.69, 9.17) is 0 Å². The van der Waals surface area contributed by atoms with Crippen LogP contribution in [-0.2, 0) is 10.3 Å². The SMILES string of the molecule is C1=C[C@@]2(c3ccccc3)[C@@H]3CCP2[C@@]1(c1ccccc1)C3. The first-order chi connectivity index (χ1) is 10.4. The Labute approximate surface area is 127 Å². The Hall–Kier alpha value is -1.39. The zero-order chi connectivity index (χ0) is 13.9. The molecule has 0 spiro atoms. The molecule has 0 amide bonds. The molecule has 0 aliphatic carbocycles. The van der Waals surface area contributed by atoms with Crippen molar-refractivity contribution in [3.8, 4) is 0 Å². The second-order valence-electron chi connectivity index (χ2n) is 6.66. The van der Waals surface area contributed by atoms with Gasteiger partial charge in [0, 0.05) is 10.3 Å². The molecule has 5 rings (SSSR count). The Morgan fingerprint density at radius 2 is 1.48 bits per heavy atom. The fraction of sp³-hybridized carbons (Fsp3) is 0.300. The molecule has 3 aliphatic rings. The highest BCUT2D eigenvalue weighted by Gasteiger charge is 2.67. The molecule has 2 saturated heterocycles. The van der Waals surface area contributed by atoms with Gasteiger partial charge in [-0.1, -0.05) is 80.7 Å². The van der Waals surface area contributed by atoms with E-state index < -0.39 is 0 Å². The van der Waals surface area contributed by atoms with E-state index in [0.717, 1.165) is 5.92 Å². The highest BCUT2D eigenvalue weighted by molar-refractivity contribution is 7.61. The monoisotopic (exact) mass is 290 g/mol. The molecule has 21 heavy (non-hydrogen) atoms. The number of hydrogen-bond donors (Lipinski definition) is 0. The molecule has 0 aromatic heterocycles. The predicted octanol–water partition coefficient (Wildman–Crippen LogP) is 5.25. The molecule has 2 fully saturated rings. The van der Waals surface area contributed by atoms with Crippen LogP contribution in [0.25, 0.3) is 0 Å². The molecular weight excluding hydrogens is 271 g/mol. The molecule has 104 valence electrons. The van der Waals surface area contributed by atoms with E-state index in [0.29, 0.717) is 10.3 Å². The first kappa shape index (κ1) is 12.2. The molecule has 0 N–H and O–H groups in total. The van der Waals surface area contributed by atoms with E-state index >= 15 is 0 Å². The number of benzene rings is 2. The molecular formula is C20H19P. The van der Waals surface area contributed by atoms with E-state index in [-0.39, 0.29) is 7.92 Å². The Morgan fingerprint density at radius 3 is 2.19 bits per heavy atom. The zero-order valence-electron chi connectivity index (χ0n) is 12.1. The van der Waals surface area contributed by atoms with Gasteiger partial charge < -0.3 is 0 Å². The summed E-state index contributed by atoms with van der Waals surface area (Å²) >= 11 is 0. The molecule has 4 bridgehead atoms. The third kappa shape index (κ3) is 1.35. The second-order valence-corrected chi connectivity index (χ2v) is 9.50. The van der Waals surface area contributed by atoms with E-state index in [1.165, 1.54) is 19.0 Å². The molecule has 3 aliphatic heterocycles. The summed E-state index contributed by atoms with van der Waals surface area (Å²) in [6, 6.07) is 22.6. The van der Waals surface area contributed by atoms with Crippen LogP contribution >= 0.6 is 7.92 Å². The van der Waals surface area contributed by atoms with Crippen LogP contribution in [0, 0.1) is 5.92 Å². The van der Waals surface area contributed by atoms with Crippen molar-refractivity contribution in [2.45, 2.75) is 23.2 Å². The third-order valence-corrected chi connectivity index (χ3v) is 9.86. The molecule has 3 heterocycles. The van der Waals surface area contributed by atoms with Crippen molar-refractivity contribution in [3.05, 3.63) is 83.9 Å². The van der Waals surface area contributed by atoms with Gasteiger partial charge >= 0.3 is 0 Å². The second kappa shape index (κ2) is 4.08. The largest absolute Gasteiger partial charge is 0.0765 e. The normalized spacial score (nSPS) is 39.0. The smallest absolute Gasteiger partial charge is 0.0372 e. The van der Waals surface area contributed by atoms with Crippen molar-refractivity contribution in [2.75, 3.05) is 6.16 Å². The van der Waals surface area contributed by atoms with Crippen molar-refractivity contribution < 1.29 is 0 Å². The van der Waals surface area contributed by atoms with E-state index in [1.807, 2.05) is 0 Å². The zero-order valence-corrected chi connectivity index (χ0v) is 13.0. The van der Waals surface area contributed by atoms with Gasteiger partial charge in [-0.2, -0.15) is 0 Å². The third-order valence-electron chi connectivity index (χ3n) is 5.93. The van der Waals surface area contributed by atoms with Crippen LogP contribution in [0.15, 0.2) is 72.8 Å². The Kier molecular flexibility index (Phi) is 2.37. The molecule has 1 heteroatoms. The summed E-state index contributed by atoms with van der Waals surface area (Å²) in [7, 11) is -0.0123. The molecule has 1 unspecified atom stereocenters. The van der Waals surface area contributed by atoms with Gasteiger partial charge in [-0.3, -0.25) is 0 Å². The number of allylic oxidation sites excluding steroid dienone is 2. The molecule has 2 aromatic carbocycles. The van der Waals surface area contributed by atoms with Gasteiger partial charge in [-0.25, -0.2) is 0 Å². The van der Waals surface area contributed by atoms with Crippen LogP contribution in [0.3, 0.4) is 0 Å². The van der Waals surface area contributed by atoms with E-state index in [9.17, 15) is 0 Å². The Balaban J connectivity index is 1.69. The van der Waals surface area contributed by atoms with Crippen LogP contribution in [0.1, 0.15) is 24.0 Å². The Morgan fingerprint density at radius 1 is 0.810 bits per heavy atom. The summed E-state index contributed by atoms with van der Waals surface area (Å²) in [4.78, 5) is 0.